The average molecular weight is 251 g/mol. The lowest BCUT2D eigenvalue weighted by atomic mass is 10.0. The third-order valence-electron chi connectivity index (χ3n) is 3.07. The summed E-state index contributed by atoms with van der Waals surface area (Å²) in [7, 11) is 0. The molecule has 0 unspecified atom stereocenters. The van der Waals surface area contributed by atoms with E-state index in [9.17, 15) is 9.18 Å². The molecule has 0 atom stereocenters. The smallest absolute Gasteiger partial charge is 0.165 e. The largest absolute Gasteiger partial charge is 0.398 e. The van der Waals surface area contributed by atoms with E-state index in [1.807, 2.05) is 0 Å². The molecule has 0 aliphatic carbocycles. The van der Waals surface area contributed by atoms with Gasteiger partial charge in [0.2, 0.25) is 0 Å². The number of nitrogen functional groups attached to an aromatic ring is 1. The third-order valence-corrected chi connectivity index (χ3v) is 3.07. The summed E-state index contributed by atoms with van der Waals surface area (Å²) in [6.07, 6.45) is 7.25. The first-order valence-corrected chi connectivity index (χ1v) is 6.73. The monoisotopic (exact) mass is 251 g/mol. The Labute approximate surface area is 108 Å². The maximum Gasteiger partial charge on any atom is 0.165 e. The van der Waals surface area contributed by atoms with Crippen LogP contribution in [-0.2, 0) is 0 Å². The summed E-state index contributed by atoms with van der Waals surface area (Å²) in [5.74, 6) is -0.460. The lowest BCUT2D eigenvalue weighted by Gasteiger charge is -2.05. The number of hydrogen-bond donors (Lipinski definition) is 1. The van der Waals surface area contributed by atoms with Crippen molar-refractivity contribution in [3.05, 3.63) is 29.6 Å². The number of benzene rings is 1. The van der Waals surface area contributed by atoms with Crippen LogP contribution in [0.2, 0.25) is 0 Å². The van der Waals surface area contributed by atoms with Crippen LogP contribution < -0.4 is 5.73 Å². The van der Waals surface area contributed by atoms with Gasteiger partial charge in [-0.1, -0.05) is 39.0 Å². The van der Waals surface area contributed by atoms with E-state index in [1.165, 1.54) is 43.9 Å². The van der Waals surface area contributed by atoms with Crippen molar-refractivity contribution in [2.45, 2.75) is 51.9 Å². The predicted molar refractivity (Wildman–Crippen MR) is 73.1 cm³/mol. The van der Waals surface area contributed by atoms with Crippen LogP contribution in [-0.4, -0.2) is 5.78 Å². The third kappa shape index (κ3) is 4.86. The SMILES string of the molecule is CCCCCCCCC(=O)c1cc(F)ccc1N. The van der Waals surface area contributed by atoms with Crippen LogP contribution in [0, 0.1) is 5.82 Å². The first-order valence-electron chi connectivity index (χ1n) is 6.73. The topological polar surface area (TPSA) is 43.1 Å². The summed E-state index contributed by atoms with van der Waals surface area (Å²) in [5.41, 5.74) is 6.36. The van der Waals surface area contributed by atoms with Gasteiger partial charge in [-0.2, -0.15) is 0 Å². The fraction of sp³-hybridized carbons (Fsp3) is 0.533. The van der Waals surface area contributed by atoms with E-state index in [4.69, 9.17) is 5.73 Å². The van der Waals surface area contributed by atoms with Crippen LogP contribution in [0.5, 0.6) is 0 Å². The van der Waals surface area contributed by atoms with Gasteiger partial charge in [-0.05, 0) is 24.6 Å². The summed E-state index contributed by atoms with van der Waals surface area (Å²) >= 11 is 0. The normalized spacial score (nSPS) is 10.6. The molecule has 0 fully saturated rings. The number of anilines is 1. The lowest BCUT2D eigenvalue weighted by molar-refractivity contribution is 0.0979. The van der Waals surface area contributed by atoms with Crippen molar-refractivity contribution in [1.29, 1.82) is 0 Å². The summed E-state index contributed by atoms with van der Waals surface area (Å²) in [6.45, 7) is 2.18. The Morgan fingerprint density at radius 2 is 1.83 bits per heavy atom. The standard InChI is InChI=1S/C15H22FNO/c1-2-3-4-5-6-7-8-15(18)13-11-12(16)9-10-14(13)17/h9-11H,2-8,17H2,1H3. The van der Waals surface area contributed by atoms with Crippen molar-refractivity contribution in [1.82, 2.24) is 0 Å². The second-order valence-electron chi connectivity index (χ2n) is 4.67. The van der Waals surface area contributed by atoms with E-state index in [-0.39, 0.29) is 5.78 Å². The molecule has 0 radical (unpaired) electrons. The highest BCUT2D eigenvalue weighted by atomic mass is 19.1. The molecule has 0 aromatic heterocycles. The van der Waals surface area contributed by atoms with E-state index in [2.05, 4.69) is 6.92 Å². The Morgan fingerprint density at radius 3 is 2.56 bits per heavy atom. The van der Waals surface area contributed by atoms with Gasteiger partial charge in [0, 0.05) is 17.7 Å². The number of hydrogen-bond acceptors (Lipinski definition) is 2. The summed E-state index contributed by atoms with van der Waals surface area (Å²) in [6, 6.07) is 3.95. The quantitative estimate of drug-likeness (QED) is 0.424. The second-order valence-corrected chi connectivity index (χ2v) is 4.67. The number of rotatable bonds is 8. The van der Waals surface area contributed by atoms with Gasteiger partial charge in [0.1, 0.15) is 5.82 Å². The van der Waals surface area contributed by atoms with E-state index in [0.29, 0.717) is 17.7 Å². The number of unbranched alkanes of at least 4 members (excludes halogenated alkanes) is 5. The van der Waals surface area contributed by atoms with Crippen LogP contribution in [0.4, 0.5) is 10.1 Å². The Balaban J connectivity index is 2.34. The minimum atomic E-state index is -0.407. The molecule has 1 rings (SSSR count). The van der Waals surface area contributed by atoms with Crippen molar-refractivity contribution < 1.29 is 9.18 Å². The molecule has 1 aromatic carbocycles. The fourth-order valence-electron chi connectivity index (χ4n) is 1.97. The van der Waals surface area contributed by atoms with Gasteiger partial charge in [-0.3, -0.25) is 4.79 Å². The zero-order valence-corrected chi connectivity index (χ0v) is 11.0. The average Bonchev–Trinajstić information content (AvgIpc) is 2.36. The summed E-state index contributed by atoms with van der Waals surface area (Å²) < 4.78 is 13.0. The first kappa shape index (κ1) is 14.7. The van der Waals surface area contributed by atoms with Gasteiger partial charge in [-0.15, -0.1) is 0 Å². The van der Waals surface area contributed by atoms with Gasteiger partial charge in [-0.25, -0.2) is 4.39 Å². The minimum Gasteiger partial charge on any atom is -0.398 e. The highest BCUT2D eigenvalue weighted by Gasteiger charge is 2.10. The number of ketones is 1. The molecule has 100 valence electrons. The molecular weight excluding hydrogens is 229 g/mol. The molecule has 0 heterocycles. The maximum atomic E-state index is 13.0. The Bertz CT molecular complexity index is 390. The molecule has 0 saturated heterocycles. The van der Waals surface area contributed by atoms with Crippen LogP contribution in [0.1, 0.15) is 62.2 Å². The Morgan fingerprint density at radius 1 is 1.17 bits per heavy atom. The van der Waals surface area contributed by atoms with Crippen molar-refractivity contribution in [2.24, 2.45) is 0 Å². The second kappa shape index (κ2) is 7.85. The maximum absolute atomic E-state index is 13.0. The van der Waals surface area contributed by atoms with Gasteiger partial charge < -0.3 is 5.73 Å². The van der Waals surface area contributed by atoms with Crippen molar-refractivity contribution in [2.75, 3.05) is 5.73 Å². The zero-order valence-electron chi connectivity index (χ0n) is 11.0. The molecule has 0 saturated carbocycles. The molecule has 0 spiro atoms. The number of Topliss-reactive ketones (excluding diaryl/α,β-unsaturated/α-hetero) is 1. The van der Waals surface area contributed by atoms with Gasteiger partial charge in [0.15, 0.2) is 5.78 Å². The van der Waals surface area contributed by atoms with Crippen molar-refractivity contribution >= 4 is 11.5 Å². The van der Waals surface area contributed by atoms with Crippen molar-refractivity contribution in [3.8, 4) is 0 Å². The number of halogens is 1. The Hall–Kier alpha value is -1.38. The van der Waals surface area contributed by atoms with Crippen LogP contribution >= 0.6 is 0 Å². The predicted octanol–water partition coefficient (Wildman–Crippen LogP) is 4.34. The highest BCUT2D eigenvalue weighted by Crippen LogP contribution is 2.17. The first-order chi connectivity index (χ1) is 8.65. The summed E-state index contributed by atoms with van der Waals surface area (Å²) in [5, 5.41) is 0. The molecule has 0 amide bonds. The van der Waals surface area contributed by atoms with E-state index < -0.39 is 5.82 Å². The van der Waals surface area contributed by atoms with E-state index in [1.54, 1.807) is 0 Å². The molecule has 18 heavy (non-hydrogen) atoms. The molecule has 0 aliphatic rings. The van der Waals surface area contributed by atoms with Crippen molar-refractivity contribution in [3.63, 3.8) is 0 Å². The highest BCUT2D eigenvalue weighted by molar-refractivity contribution is 6.00. The molecule has 2 N–H and O–H groups in total. The van der Waals surface area contributed by atoms with E-state index in [0.717, 1.165) is 12.8 Å². The van der Waals surface area contributed by atoms with Crippen LogP contribution in [0.25, 0.3) is 0 Å². The van der Waals surface area contributed by atoms with Gasteiger partial charge in [0.25, 0.3) is 0 Å². The molecular formula is C15H22FNO. The van der Waals surface area contributed by atoms with Crippen LogP contribution in [0.3, 0.4) is 0 Å². The van der Waals surface area contributed by atoms with Gasteiger partial charge >= 0.3 is 0 Å². The molecule has 1 aromatic rings. The molecule has 0 bridgehead atoms. The summed E-state index contributed by atoms with van der Waals surface area (Å²) in [4.78, 5) is 11.9. The van der Waals surface area contributed by atoms with Crippen LogP contribution in [0.15, 0.2) is 18.2 Å². The number of carbonyl (C=O) groups is 1. The number of nitrogens with two attached hydrogens (primary N) is 1. The van der Waals surface area contributed by atoms with E-state index >= 15 is 0 Å². The minimum absolute atomic E-state index is 0.0532. The Kier molecular flexibility index (Phi) is 6.40. The molecule has 2 nitrogen and oxygen atoms in total. The lowest BCUT2D eigenvalue weighted by Crippen LogP contribution is -2.04. The molecule has 0 aliphatic heterocycles. The molecule has 3 heteroatoms. The van der Waals surface area contributed by atoms with Gasteiger partial charge in [0.05, 0.1) is 0 Å². The fourth-order valence-corrected chi connectivity index (χ4v) is 1.97. The zero-order chi connectivity index (χ0) is 13.4. The number of carbonyl (C=O) groups excluding carboxylic acids is 1.